The van der Waals surface area contributed by atoms with Crippen LogP contribution in [0.15, 0.2) is 194 Å². The molecule has 0 bridgehead atoms. The van der Waals surface area contributed by atoms with Crippen molar-refractivity contribution in [3.05, 3.63) is 305 Å². The molecule has 0 unspecified atom stereocenters. The Balaban J connectivity index is 0.000000429. The molecule has 0 saturated heterocycles. The zero-order valence-electron chi connectivity index (χ0n) is 79.5. The molecule has 9 aromatic rings. The first-order valence-electron chi connectivity index (χ1n) is 41.3. The van der Waals surface area contributed by atoms with Gasteiger partial charge in [0.05, 0.1) is 0 Å². The first-order chi connectivity index (χ1) is 49.5. The van der Waals surface area contributed by atoms with Crippen LogP contribution in [0.5, 0.6) is 0 Å². The largest absolute Gasteiger partial charge is 0.0622 e. The lowest BCUT2D eigenvalue weighted by atomic mass is 9.73. The van der Waals surface area contributed by atoms with Crippen molar-refractivity contribution in [3.8, 4) is 11.1 Å². The lowest BCUT2D eigenvalue weighted by Gasteiger charge is -2.32. The van der Waals surface area contributed by atoms with Gasteiger partial charge in [0.2, 0.25) is 0 Å². The monoisotopic (exact) mass is 1490 g/mol. The minimum absolute atomic E-state index is 0.200. The Morgan fingerprint density at radius 1 is 0.155 bits per heavy atom. The molecule has 0 aliphatic rings. The highest BCUT2D eigenvalue weighted by molar-refractivity contribution is 5.66. The summed E-state index contributed by atoms with van der Waals surface area (Å²) in [6.45, 7) is 99.4. The number of aryl methyl sites for hydroxylation is 6. The molecule has 9 aromatic carbocycles. The van der Waals surface area contributed by atoms with Crippen molar-refractivity contribution in [1.82, 2.24) is 0 Å². The molecule has 0 amide bonds. The van der Waals surface area contributed by atoms with E-state index in [4.69, 9.17) is 0 Å². The molecule has 604 valence electrons. The van der Waals surface area contributed by atoms with Crippen LogP contribution in [-0.4, -0.2) is 0 Å². The van der Waals surface area contributed by atoms with Gasteiger partial charge >= 0.3 is 0 Å². The van der Waals surface area contributed by atoms with Gasteiger partial charge in [0.25, 0.3) is 0 Å². The van der Waals surface area contributed by atoms with Crippen LogP contribution in [0, 0.1) is 55.4 Å². The highest BCUT2D eigenvalue weighted by atomic mass is 14.3. The Kier molecular flexibility index (Phi) is 35.3. The van der Waals surface area contributed by atoms with Gasteiger partial charge in [-0.3, -0.25) is 0 Å². The topological polar surface area (TPSA) is 0 Å². The van der Waals surface area contributed by atoms with Crippen LogP contribution in [0.4, 0.5) is 0 Å². The van der Waals surface area contributed by atoms with E-state index in [1.807, 2.05) is 6.07 Å². The molecule has 0 fully saturated rings. The molecule has 0 nitrogen and oxygen atoms in total. The molecule has 0 aromatic heterocycles. The Morgan fingerprint density at radius 2 is 0.445 bits per heavy atom. The number of hydrogen-bond donors (Lipinski definition) is 0. The second kappa shape index (κ2) is 39.1. The predicted molar refractivity (Wildman–Crippen MR) is 499 cm³/mol. The van der Waals surface area contributed by atoms with Crippen molar-refractivity contribution < 1.29 is 0 Å². The first kappa shape index (κ1) is 99.1. The van der Waals surface area contributed by atoms with E-state index in [2.05, 4.69) is 493 Å². The van der Waals surface area contributed by atoms with E-state index in [0.717, 1.165) is 0 Å². The summed E-state index contributed by atoms with van der Waals surface area (Å²) < 4.78 is 0. The van der Waals surface area contributed by atoms with Crippen molar-refractivity contribution in [3.63, 3.8) is 0 Å². The summed E-state index contributed by atoms with van der Waals surface area (Å²) in [7, 11) is 0. The normalized spacial score (nSPS) is 12.4. The van der Waals surface area contributed by atoms with Crippen molar-refractivity contribution >= 4 is 0 Å². The smallest absolute Gasteiger partial charge is 0.0129 e. The Morgan fingerprint density at radius 3 is 0.791 bits per heavy atom. The van der Waals surface area contributed by atoms with Gasteiger partial charge in [-0.15, -0.1) is 0 Å². The standard InChI is InChI=1S/C19H32.3C15H24.C13H12.3C11H16/c1-13-15(18(5,6)7)11-14(17(2,3)4)12-16(13)19(8,9)10;1-11-8-12(14(2,3)4)10-13(9-11)15(5,6)7;1-11-8-9-12(14(2,3)4)10-13(11)15(5,6)7;1-11-12(14(2,3)4)9-8-10-13(11)15(5,6)7;1-11-7-5-6-10-13(11)12-8-3-2-4-9-12;1-9-5-7-10(8-6-9)11(2,3)4;1-9-6-5-7-10(8-9)11(2,3)4;1-9-7-5-6-8-10(9)11(2,3)4/h11-12H,1-10H3;3*8-10H,1-7H3;2-10H,1H3;3*5-8H,1-4H3. The third-order valence-corrected chi connectivity index (χ3v) is 20.5. The van der Waals surface area contributed by atoms with Gasteiger partial charge in [-0.1, -0.05) is 460 Å². The Bertz CT molecular complexity index is 4130. The van der Waals surface area contributed by atoms with E-state index in [0.29, 0.717) is 0 Å². The summed E-state index contributed by atoms with van der Waals surface area (Å²) in [6, 6.07) is 70.3. The van der Waals surface area contributed by atoms with E-state index in [9.17, 15) is 0 Å². The summed E-state index contributed by atoms with van der Waals surface area (Å²) in [5.74, 6) is 0. The van der Waals surface area contributed by atoms with E-state index in [1.165, 1.54) is 122 Å². The van der Waals surface area contributed by atoms with Gasteiger partial charge in [-0.2, -0.15) is 0 Å². The van der Waals surface area contributed by atoms with E-state index >= 15 is 0 Å². The molecule has 0 aliphatic carbocycles. The van der Waals surface area contributed by atoms with Gasteiger partial charge in [-0.05, 0) is 226 Å². The summed E-state index contributed by atoms with van der Waals surface area (Å²) in [4.78, 5) is 0. The van der Waals surface area contributed by atoms with Crippen LogP contribution in [0.25, 0.3) is 11.1 Å². The molecule has 0 heterocycles. The fourth-order valence-electron chi connectivity index (χ4n) is 13.6. The van der Waals surface area contributed by atoms with Crippen molar-refractivity contribution in [2.24, 2.45) is 0 Å². The average Bonchev–Trinajstić information content (AvgIpc) is 0.774. The van der Waals surface area contributed by atoms with Gasteiger partial charge in [-0.25, -0.2) is 0 Å². The third-order valence-electron chi connectivity index (χ3n) is 20.5. The zero-order chi connectivity index (χ0) is 85.3. The van der Waals surface area contributed by atoms with Crippen LogP contribution in [-0.2, 0) is 65.0 Å². The molecule has 0 heteroatoms. The minimum Gasteiger partial charge on any atom is -0.0622 e. The van der Waals surface area contributed by atoms with Crippen molar-refractivity contribution in [2.45, 2.75) is 370 Å². The maximum atomic E-state index is 2.42. The van der Waals surface area contributed by atoms with E-state index < -0.39 is 0 Å². The van der Waals surface area contributed by atoms with Crippen LogP contribution < -0.4 is 0 Å². The second-order valence-corrected chi connectivity index (χ2v) is 44.0. The maximum Gasteiger partial charge on any atom is -0.0129 e. The molecule has 0 saturated carbocycles. The zero-order valence-corrected chi connectivity index (χ0v) is 79.5. The van der Waals surface area contributed by atoms with Crippen LogP contribution in [0.2, 0.25) is 0 Å². The predicted octanol–water partition coefficient (Wildman–Crippen LogP) is 33.2. The first-order valence-corrected chi connectivity index (χ1v) is 41.3. The summed E-state index contributed by atoms with van der Waals surface area (Å²) in [6.07, 6.45) is 0. The highest BCUT2D eigenvalue weighted by Crippen LogP contribution is 2.40. The molecule has 0 N–H and O–H groups in total. The minimum atomic E-state index is 0.200. The van der Waals surface area contributed by atoms with Gasteiger partial charge in [0, 0.05) is 0 Å². The lowest BCUT2D eigenvalue weighted by Crippen LogP contribution is -2.23. The fourth-order valence-corrected chi connectivity index (χ4v) is 13.6. The third kappa shape index (κ3) is 33.3. The van der Waals surface area contributed by atoms with Crippen LogP contribution >= 0.6 is 0 Å². The fraction of sp³-hybridized carbons (Fsp3) is 0.509. The summed E-state index contributed by atoms with van der Waals surface area (Å²) >= 11 is 0. The van der Waals surface area contributed by atoms with Crippen molar-refractivity contribution in [2.75, 3.05) is 0 Å². The second-order valence-electron chi connectivity index (χ2n) is 44.0. The number of hydrogen-bond acceptors (Lipinski definition) is 0. The van der Waals surface area contributed by atoms with Crippen LogP contribution in [0.3, 0.4) is 0 Å². The Hall–Kier alpha value is -7.02. The number of benzene rings is 9. The molecule has 110 heavy (non-hydrogen) atoms. The average molecular weight is 1490 g/mol. The number of rotatable bonds is 1. The molecule has 9 rings (SSSR count). The maximum absolute atomic E-state index is 2.42. The molecule has 0 atom stereocenters. The van der Waals surface area contributed by atoms with Crippen LogP contribution in [0.1, 0.15) is 361 Å². The SMILES string of the molecule is Cc1c(C(C)(C)C)cc(C(C)(C)C)cc1C(C)(C)C.Cc1c(C(C)(C)C)cccc1C(C)(C)C.Cc1cc(C(C)(C)C)cc(C(C)(C)C)c1.Cc1ccc(C(C)(C)C)cc1.Cc1ccc(C(C)(C)C)cc1C(C)(C)C.Cc1cccc(C(C)(C)C)c1.Cc1ccccc1-c1ccccc1.Cc1ccccc1C(C)(C)C. The summed E-state index contributed by atoms with van der Waals surface area (Å²) in [5.41, 5.74) is 34.0. The van der Waals surface area contributed by atoms with E-state index in [1.54, 1.807) is 0 Å². The lowest BCUT2D eigenvalue weighted by molar-refractivity contribution is 0.542. The molecular weight excluding hydrogens is 1320 g/mol. The van der Waals surface area contributed by atoms with Gasteiger partial charge in [0.15, 0.2) is 0 Å². The quantitative estimate of drug-likeness (QED) is 0.154. The molecule has 0 spiro atoms. The summed E-state index contributed by atoms with van der Waals surface area (Å²) in [5, 5.41) is 0. The van der Waals surface area contributed by atoms with Gasteiger partial charge < -0.3 is 0 Å². The van der Waals surface area contributed by atoms with Gasteiger partial charge in [0.1, 0.15) is 0 Å². The molecule has 0 aliphatic heterocycles. The molecular formula is C110H164. The van der Waals surface area contributed by atoms with E-state index in [-0.39, 0.29) is 65.0 Å². The van der Waals surface area contributed by atoms with Crippen molar-refractivity contribution in [1.29, 1.82) is 0 Å². The molecule has 0 radical (unpaired) electrons. The Labute approximate surface area is 681 Å². The highest BCUT2D eigenvalue weighted by Gasteiger charge is 2.29.